The van der Waals surface area contributed by atoms with Gasteiger partial charge in [-0.1, -0.05) is 13.8 Å². The fourth-order valence-electron chi connectivity index (χ4n) is 3.26. The van der Waals surface area contributed by atoms with Crippen molar-refractivity contribution in [2.75, 3.05) is 5.32 Å². The third kappa shape index (κ3) is 3.19. The molecule has 4 heteroatoms. The van der Waals surface area contributed by atoms with Crippen LogP contribution in [0.4, 0.5) is 5.82 Å². The first kappa shape index (κ1) is 15.5. The first-order valence-electron chi connectivity index (χ1n) is 8.29. The van der Waals surface area contributed by atoms with Crippen molar-refractivity contribution in [1.82, 2.24) is 9.97 Å². The molecule has 0 bridgehead atoms. The number of nitriles is 1. The molecule has 1 aliphatic carbocycles. The minimum absolute atomic E-state index is 0.371. The average Bonchev–Trinajstić information content (AvgIpc) is 2.59. The van der Waals surface area contributed by atoms with Crippen molar-refractivity contribution in [3.05, 3.63) is 52.5 Å². The van der Waals surface area contributed by atoms with Gasteiger partial charge in [0, 0.05) is 24.6 Å². The molecule has 4 nitrogen and oxygen atoms in total. The molecule has 0 saturated heterocycles. The number of rotatable bonds is 4. The van der Waals surface area contributed by atoms with Crippen molar-refractivity contribution >= 4 is 5.82 Å². The highest BCUT2D eigenvalue weighted by atomic mass is 15.0. The summed E-state index contributed by atoms with van der Waals surface area (Å²) in [4.78, 5) is 8.86. The number of hydrogen-bond acceptors (Lipinski definition) is 4. The maximum Gasteiger partial charge on any atom is 0.144 e. The zero-order valence-corrected chi connectivity index (χ0v) is 13.8. The van der Waals surface area contributed by atoms with Gasteiger partial charge in [0.15, 0.2) is 0 Å². The molecule has 118 valence electrons. The lowest BCUT2D eigenvalue weighted by atomic mass is 9.85. The summed E-state index contributed by atoms with van der Waals surface area (Å²) in [6.45, 7) is 5.01. The number of anilines is 1. The first-order valence-corrected chi connectivity index (χ1v) is 8.29. The van der Waals surface area contributed by atoms with Crippen LogP contribution in [-0.2, 0) is 19.4 Å². The number of fused-ring (bicyclic) bond motifs is 1. The highest BCUT2D eigenvalue weighted by molar-refractivity contribution is 5.60. The van der Waals surface area contributed by atoms with Crippen LogP contribution in [0.25, 0.3) is 0 Å². The molecule has 0 aromatic carbocycles. The Bertz CT molecular complexity index is 729. The van der Waals surface area contributed by atoms with Crippen molar-refractivity contribution < 1.29 is 0 Å². The van der Waals surface area contributed by atoms with Crippen molar-refractivity contribution in [3.8, 4) is 6.07 Å². The molecule has 0 aliphatic heterocycles. The Morgan fingerprint density at radius 1 is 1.17 bits per heavy atom. The molecule has 0 atom stereocenters. The Morgan fingerprint density at radius 3 is 2.52 bits per heavy atom. The Morgan fingerprint density at radius 2 is 1.87 bits per heavy atom. The van der Waals surface area contributed by atoms with E-state index in [9.17, 15) is 5.26 Å². The maximum absolute atomic E-state index is 9.66. The molecule has 0 spiro atoms. The predicted octanol–water partition coefficient (Wildman–Crippen LogP) is 3.96. The lowest BCUT2D eigenvalue weighted by molar-refractivity contribution is 0.659. The fraction of sp³-hybridized carbons (Fsp3) is 0.421. The quantitative estimate of drug-likeness (QED) is 0.928. The van der Waals surface area contributed by atoms with Crippen LogP contribution < -0.4 is 5.32 Å². The van der Waals surface area contributed by atoms with Crippen LogP contribution in [-0.4, -0.2) is 9.97 Å². The number of nitrogens with one attached hydrogen (secondary N) is 1. The Hall–Kier alpha value is -2.41. The molecule has 23 heavy (non-hydrogen) atoms. The van der Waals surface area contributed by atoms with Crippen molar-refractivity contribution in [2.24, 2.45) is 0 Å². The van der Waals surface area contributed by atoms with Gasteiger partial charge in [-0.15, -0.1) is 0 Å². The summed E-state index contributed by atoms with van der Waals surface area (Å²) in [5.74, 6) is 1.10. The topological polar surface area (TPSA) is 61.6 Å². The summed E-state index contributed by atoms with van der Waals surface area (Å²) in [6.07, 6.45) is 7.96. The first-order chi connectivity index (χ1) is 11.2. The molecule has 0 saturated carbocycles. The molecular weight excluding hydrogens is 284 g/mol. The van der Waals surface area contributed by atoms with Gasteiger partial charge in [0.1, 0.15) is 11.9 Å². The van der Waals surface area contributed by atoms with E-state index in [4.69, 9.17) is 4.98 Å². The third-order valence-electron chi connectivity index (χ3n) is 4.42. The summed E-state index contributed by atoms with van der Waals surface area (Å²) in [6, 6.07) is 6.33. The van der Waals surface area contributed by atoms with E-state index < -0.39 is 0 Å². The zero-order valence-electron chi connectivity index (χ0n) is 13.8. The summed E-state index contributed by atoms with van der Waals surface area (Å²) in [7, 11) is 0. The van der Waals surface area contributed by atoms with E-state index in [-0.39, 0.29) is 0 Å². The molecule has 2 heterocycles. The summed E-state index contributed by atoms with van der Waals surface area (Å²) < 4.78 is 0. The molecule has 1 aliphatic rings. The van der Waals surface area contributed by atoms with Crippen LogP contribution in [0.15, 0.2) is 24.5 Å². The largest absolute Gasteiger partial charge is 0.365 e. The molecular formula is C19H22N4. The van der Waals surface area contributed by atoms with E-state index in [0.717, 1.165) is 41.9 Å². The van der Waals surface area contributed by atoms with Crippen molar-refractivity contribution in [1.29, 1.82) is 5.26 Å². The van der Waals surface area contributed by atoms with Crippen LogP contribution in [0.1, 0.15) is 60.6 Å². The highest BCUT2D eigenvalue weighted by Gasteiger charge is 2.23. The monoisotopic (exact) mass is 306 g/mol. The van der Waals surface area contributed by atoms with Gasteiger partial charge in [-0.2, -0.15) is 5.26 Å². The second-order valence-electron chi connectivity index (χ2n) is 6.36. The molecule has 0 radical (unpaired) electrons. The fourth-order valence-corrected chi connectivity index (χ4v) is 3.26. The zero-order chi connectivity index (χ0) is 16.2. The number of aromatic nitrogens is 2. The SMILES string of the molecule is CC(C)c1nc(NCc2ccncc2)c(C#N)c2c1CCCC2. The third-order valence-corrected chi connectivity index (χ3v) is 4.42. The summed E-state index contributed by atoms with van der Waals surface area (Å²) in [5.41, 5.74) is 5.55. The van der Waals surface area contributed by atoms with Crippen molar-refractivity contribution in [3.63, 3.8) is 0 Å². The number of pyridine rings is 2. The lowest BCUT2D eigenvalue weighted by Crippen LogP contribution is -2.15. The van der Waals surface area contributed by atoms with Crippen LogP contribution >= 0.6 is 0 Å². The van der Waals surface area contributed by atoms with Crippen LogP contribution in [0.3, 0.4) is 0 Å². The van der Waals surface area contributed by atoms with Gasteiger partial charge in [0.2, 0.25) is 0 Å². The predicted molar refractivity (Wildman–Crippen MR) is 91.2 cm³/mol. The maximum atomic E-state index is 9.66. The Kier molecular flexibility index (Phi) is 4.57. The standard InChI is InChI=1S/C19H22N4/c1-13(2)18-16-6-4-3-5-15(16)17(11-20)19(23-18)22-12-14-7-9-21-10-8-14/h7-10,13H,3-6,12H2,1-2H3,(H,22,23). The number of hydrogen-bond donors (Lipinski definition) is 1. The van der Waals surface area contributed by atoms with E-state index in [2.05, 4.69) is 30.2 Å². The second-order valence-corrected chi connectivity index (χ2v) is 6.36. The van der Waals surface area contributed by atoms with Gasteiger partial charge in [0.25, 0.3) is 0 Å². The van der Waals surface area contributed by atoms with E-state index in [1.807, 2.05) is 12.1 Å². The minimum Gasteiger partial charge on any atom is -0.365 e. The van der Waals surface area contributed by atoms with Crippen LogP contribution in [0.2, 0.25) is 0 Å². The van der Waals surface area contributed by atoms with Crippen LogP contribution in [0, 0.1) is 11.3 Å². The molecule has 2 aromatic heterocycles. The average molecular weight is 306 g/mol. The van der Waals surface area contributed by atoms with E-state index >= 15 is 0 Å². The summed E-state index contributed by atoms with van der Waals surface area (Å²) >= 11 is 0. The van der Waals surface area contributed by atoms with Crippen LogP contribution in [0.5, 0.6) is 0 Å². The van der Waals surface area contributed by atoms with Gasteiger partial charge >= 0.3 is 0 Å². The second kappa shape index (κ2) is 6.78. The molecule has 3 rings (SSSR count). The van der Waals surface area contributed by atoms with Gasteiger partial charge in [-0.3, -0.25) is 4.98 Å². The lowest BCUT2D eigenvalue weighted by Gasteiger charge is -2.24. The minimum atomic E-state index is 0.371. The molecule has 0 unspecified atom stereocenters. The molecule has 1 N–H and O–H groups in total. The smallest absolute Gasteiger partial charge is 0.144 e. The number of nitrogens with zero attached hydrogens (tertiary/aromatic N) is 3. The van der Waals surface area contributed by atoms with Gasteiger partial charge in [-0.25, -0.2) is 4.98 Å². The molecule has 0 amide bonds. The molecule has 2 aromatic rings. The van der Waals surface area contributed by atoms with Gasteiger partial charge in [-0.05, 0) is 60.4 Å². The Labute approximate surface area is 137 Å². The van der Waals surface area contributed by atoms with Gasteiger partial charge < -0.3 is 5.32 Å². The van der Waals surface area contributed by atoms with Crippen molar-refractivity contribution in [2.45, 2.75) is 52.0 Å². The van der Waals surface area contributed by atoms with E-state index in [0.29, 0.717) is 12.5 Å². The summed E-state index contributed by atoms with van der Waals surface area (Å²) in [5, 5.41) is 13.0. The van der Waals surface area contributed by atoms with E-state index in [1.165, 1.54) is 17.5 Å². The van der Waals surface area contributed by atoms with E-state index in [1.54, 1.807) is 12.4 Å². The molecule has 0 fully saturated rings. The highest BCUT2D eigenvalue weighted by Crippen LogP contribution is 2.33. The van der Waals surface area contributed by atoms with Gasteiger partial charge in [0.05, 0.1) is 5.56 Å². The normalized spacial score (nSPS) is 13.5. The Balaban J connectivity index is 1.98.